The molecular formula is C17H24N2. The zero-order valence-corrected chi connectivity index (χ0v) is 12.9. The van der Waals surface area contributed by atoms with Gasteiger partial charge in [-0.2, -0.15) is 5.10 Å². The lowest BCUT2D eigenvalue weighted by Gasteiger charge is -2.20. The number of benzene rings is 1. The SMILES string of the molecule is CCc1ccc(-c2nn(C)c(C(C)(C)C)c2C)cc1. The first kappa shape index (κ1) is 13.9. The van der Waals surface area contributed by atoms with Crippen LogP contribution in [0.1, 0.15) is 44.5 Å². The second kappa shape index (κ2) is 4.84. The maximum Gasteiger partial charge on any atom is 0.0955 e. The largest absolute Gasteiger partial charge is 0.271 e. The Morgan fingerprint density at radius 2 is 1.68 bits per heavy atom. The molecule has 2 aromatic rings. The molecule has 0 saturated heterocycles. The first-order chi connectivity index (χ1) is 8.84. The molecular weight excluding hydrogens is 232 g/mol. The smallest absolute Gasteiger partial charge is 0.0955 e. The van der Waals surface area contributed by atoms with Gasteiger partial charge in [-0.1, -0.05) is 52.0 Å². The Labute approximate surface area is 116 Å². The van der Waals surface area contributed by atoms with Gasteiger partial charge in [-0.05, 0) is 24.5 Å². The molecule has 0 fully saturated rings. The van der Waals surface area contributed by atoms with Crippen molar-refractivity contribution in [2.45, 2.75) is 46.5 Å². The van der Waals surface area contributed by atoms with Gasteiger partial charge in [-0.15, -0.1) is 0 Å². The minimum absolute atomic E-state index is 0.118. The summed E-state index contributed by atoms with van der Waals surface area (Å²) in [5.41, 5.74) is 6.40. The van der Waals surface area contributed by atoms with Crippen molar-refractivity contribution in [3.63, 3.8) is 0 Å². The molecule has 0 aliphatic heterocycles. The van der Waals surface area contributed by atoms with Crippen LogP contribution in [0.15, 0.2) is 24.3 Å². The number of nitrogens with zero attached hydrogens (tertiary/aromatic N) is 2. The van der Waals surface area contributed by atoms with Crippen LogP contribution in [0.5, 0.6) is 0 Å². The molecule has 0 spiro atoms. The Bertz CT molecular complexity index is 569. The van der Waals surface area contributed by atoms with E-state index in [-0.39, 0.29) is 5.41 Å². The van der Waals surface area contributed by atoms with Crippen LogP contribution in [0.3, 0.4) is 0 Å². The molecule has 1 aromatic heterocycles. The molecule has 2 heteroatoms. The van der Waals surface area contributed by atoms with Crippen LogP contribution >= 0.6 is 0 Å². The summed E-state index contributed by atoms with van der Waals surface area (Å²) in [5.74, 6) is 0. The summed E-state index contributed by atoms with van der Waals surface area (Å²) in [6.45, 7) is 11.1. The normalized spacial score (nSPS) is 11.9. The molecule has 102 valence electrons. The third kappa shape index (κ3) is 2.58. The van der Waals surface area contributed by atoms with Crippen molar-refractivity contribution in [2.24, 2.45) is 7.05 Å². The highest BCUT2D eigenvalue weighted by Gasteiger charge is 2.24. The van der Waals surface area contributed by atoms with Crippen LogP contribution in [0, 0.1) is 6.92 Å². The summed E-state index contributed by atoms with van der Waals surface area (Å²) in [6.07, 6.45) is 1.08. The fourth-order valence-electron chi connectivity index (χ4n) is 2.85. The molecule has 1 aromatic carbocycles. The van der Waals surface area contributed by atoms with E-state index in [0.29, 0.717) is 0 Å². The number of aromatic nitrogens is 2. The van der Waals surface area contributed by atoms with Gasteiger partial charge in [0.25, 0.3) is 0 Å². The number of hydrogen-bond donors (Lipinski definition) is 0. The van der Waals surface area contributed by atoms with Gasteiger partial charge in [0.05, 0.1) is 5.69 Å². The van der Waals surface area contributed by atoms with E-state index >= 15 is 0 Å². The Hall–Kier alpha value is -1.57. The average molecular weight is 256 g/mol. The van der Waals surface area contributed by atoms with Gasteiger partial charge >= 0.3 is 0 Å². The van der Waals surface area contributed by atoms with Crippen LogP contribution in [-0.2, 0) is 18.9 Å². The minimum Gasteiger partial charge on any atom is -0.271 e. The third-order valence-corrected chi connectivity index (χ3v) is 3.63. The lowest BCUT2D eigenvalue weighted by atomic mass is 9.88. The molecule has 0 N–H and O–H groups in total. The quantitative estimate of drug-likeness (QED) is 0.785. The highest BCUT2D eigenvalue weighted by Crippen LogP contribution is 2.31. The molecule has 19 heavy (non-hydrogen) atoms. The summed E-state index contributed by atoms with van der Waals surface area (Å²) in [7, 11) is 2.04. The van der Waals surface area contributed by atoms with E-state index in [2.05, 4.69) is 58.9 Å². The summed E-state index contributed by atoms with van der Waals surface area (Å²) < 4.78 is 2.03. The second-order valence-corrected chi connectivity index (χ2v) is 6.25. The van der Waals surface area contributed by atoms with Gasteiger partial charge in [0, 0.05) is 23.7 Å². The highest BCUT2D eigenvalue weighted by atomic mass is 15.3. The molecule has 1 heterocycles. The summed E-state index contributed by atoms with van der Waals surface area (Å²) in [5, 5.41) is 4.72. The van der Waals surface area contributed by atoms with Gasteiger partial charge < -0.3 is 0 Å². The lowest BCUT2D eigenvalue weighted by Crippen LogP contribution is -2.17. The van der Waals surface area contributed by atoms with Crippen LogP contribution in [0.4, 0.5) is 0 Å². The van der Waals surface area contributed by atoms with E-state index in [1.165, 1.54) is 22.4 Å². The maximum absolute atomic E-state index is 4.72. The van der Waals surface area contributed by atoms with Crippen LogP contribution in [0.2, 0.25) is 0 Å². The van der Waals surface area contributed by atoms with Gasteiger partial charge in [0.15, 0.2) is 0 Å². The third-order valence-electron chi connectivity index (χ3n) is 3.63. The van der Waals surface area contributed by atoms with E-state index in [9.17, 15) is 0 Å². The van der Waals surface area contributed by atoms with E-state index in [1.807, 2.05) is 11.7 Å². The Balaban J connectivity index is 2.51. The molecule has 2 nitrogen and oxygen atoms in total. The number of aryl methyl sites for hydroxylation is 2. The molecule has 0 bridgehead atoms. The molecule has 0 aliphatic rings. The van der Waals surface area contributed by atoms with E-state index < -0.39 is 0 Å². The first-order valence-electron chi connectivity index (χ1n) is 6.98. The van der Waals surface area contributed by atoms with Gasteiger partial charge in [-0.25, -0.2) is 0 Å². The van der Waals surface area contributed by atoms with Gasteiger partial charge in [0.1, 0.15) is 0 Å². The predicted octanol–water partition coefficient (Wildman–Crippen LogP) is 4.26. The standard InChI is InChI=1S/C17H24N2/c1-7-13-8-10-14(11-9-13)15-12(2)16(17(3,4)5)19(6)18-15/h8-11H,7H2,1-6H3. The summed E-state index contributed by atoms with van der Waals surface area (Å²) in [6, 6.07) is 8.75. The van der Waals surface area contributed by atoms with E-state index in [4.69, 9.17) is 5.10 Å². The summed E-state index contributed by atoms with van der Waals surface area (Å²) >= 11 is 0. The van der Waals surface area contributed by atoms with Crippen molar-refractivity contribution in [2.75, 3.05) is 0 Å². The molecule has 0 amide bonds. The first-order valence-corrected chi connectivity index (χ1v) is 6.98. The molecule has 0 saturated carbocycles. The van der Waals surface area contributed by atoms with Crippen molar-refractivity contribution in [3.8, 4) is 11.3 Å². The van der Waals surface area contributed by atoms with Crippen LogP contribution < -0.4 is 0 Å². The van der Waals surface area contributed by atoms with Crippen LogP contribution in [-0.4, -0.2) is 9.78 Å². The number of hydrogen-bond acceptors (Lipinski definition) is 1. The lowest BCUT2D eigenvalue weighted by molar-refractivity contribution is 0.520. The monoisotopic (exact) mass is 256 g/mol. The van der Waals surface area contributed by atoms with Gasteiger partial charge in [-0.3, -0.25) is 4.68 Å². The maximum atomic E-state index is 4.72. The average Bonchev–Trinajstić information content (AvgIpc) is 2.64. The minimum atomic E-state index is 0.118. The molecule has 0 atom stereocenters. The molecule has 2 rings (SSSR count). The fraction of sp³-hybridized carbons (Fsp3) is 0.471. The van der Waals surface area contributed by atoms with Crippen molar-refractivity contribution in [1.29, 1.82) is 0 Å². The van der Waals surface area contributed by atoms with E-state index in [1.54, 1.807) is 0 Å². The van der Waals surface area contributed by atoms with Crippen molar-refractivity contribution in [3.05, 3.63) is 41.1 Å². The number of rotatable bonds is 2. The van der Waals surface area contributed by atoms with Crippen molar-refractivity contribution < 1.29 is 0 Å². The van der Waals surface area contributed by atoms with Crippen molar-refractivity contribution in [1.82, 2.24) is 9.78 Å². The Morgan fingerprint density at radius 3 is 2.11 bits per heavy atom. The van der Waals surface area contributed by atoms with Gasteiger partial charge in [0.2, 0.25) is 0 Å². The zero-order valence-electron chi connectivity index (χ0n) is 12.9. The zero-order chi connectivity index (χ0) is 14.2. The molecule has 0 aliphatic carbocycles. The van der Waals surface area contributed by atoms with E-state index in [0.717, 1.165) is 12.1 Å². The summed E-state index contributed by atoms with van der Waals surface area (Å²) in [4.78, 5) is 0. The Morgan fingerprint density at radius 1 is 1.11 bits per heavy atom. The fourth-order valence-corrected chi connectivity index (χ4v) is 2.85. The highest BCUT2D eigenvalue weighted by molar-refractivity contribution is 5.64. The molecule has 0 unspecified atom stereocenters. The second-order valence-electron chi connectivity index (χ2n) is 6.25. The van der Waals surface area contributed by atoms with Crippen LogP contribution in [0.25, 0.3) is 11.3 Å². The topological polar surface area (TPSA) is 17.8 Å². The van der Waals surface area contributed by atoms with Crippen molar-refractivity contribution >= 4 is 0 Å². The molecule has 0 radical (unpaired) electrons. The predicted molar refractivity (Wildman–Crippen MR) is 81.5 cm³/mol. The Kier molecular flexibility index (Phi) is 3.53.